The van der Waals surface area contributed by atoms with Crippen molar-refractivity contribution >= 4 is 5.91 Å². The molecule has 0 radical (unpaired) electrons. The minimum absolute atomic E-state index is 0.0228. The molecular weight excluding hydrogens is 240 g/mol. The van der Waals surface area contributed by atoms with E-state index >= 15 is 0 Å². The quantitative estimate of drug-likeness (QED) is 0.809. The highest BCUT2D eigenvalue weighted by Crippen LogP contribution is 2.37. The van der Waals surface area contributed by atoms with Gasteiger partial charge >= 0.3 is 0 Å². The maximum atomic E-state index is 12.1. The van der Waals surface area contributed by atoms with Gasteiger partial charge in [0.15, 0.2) is 0 Å². The van der Waals surface area contributed by atoms with Gasteiger partial charge in [0.1, 0.15) is 0 Å². The van der Waals surface area contributed by atoms with Gasteiger partial charge in [-0.3, -0.25) is 9.63 Å². The van der Waals surface area contributed by atoms with E-state index in [1.165, 1.54) is 12.8 Å². The minimum Gasteiger partial charge on any atom is -0.305 e. The standard InChI is InChI=1S/C15H20N2O2/c18-15(14-13-8-4-7-12(13)9-16-14)17-19-10-11-5-2-1-3-6-11/h1-3,5-6,12-14,16H,4,7-10H2,(H,17,18). The summed E-state index contributed by atoms with van der Waals surface area (Å²) in [6.07, 6.45) is 3.67. The Balaban J connectivity index is 1.47. The fourth-order valence-corrected chi connectivity index (χ4v) is 3.30. The average Bonchev–Trinajstić information content (AvgIpc) is 3.02. The van der Waals surface area contributed by atoms with Gasteiger partial charge in [-0.15, -0.1) is 0 Å². The largest absolute Gasteiger partial charge is 0.305 e. The molecule has 0 spiro atoms. The molecular formula is C15H20N2O2. The number of hydroxylamine groups is 1. The van der Waals surface area contributed by atoms with Crippen molar-refractivity contribution in [2.24, 2.45) is 11.8 Å². The highest BCUT2D eigenvalue weighted by molar-refractivity contribution is 5.81. The molecule has 3 unspecified atom stereocenters. The molecule has 1 aromatic carbocycles. The molecule has 3 rings (SSSR count). The summed E-state index contributed by atoms with van der Waals surface area (Å²) in [4.78, 5) is 17.4. The molecule has 1 aliphatic heterocycles. The molecule has 1 saturated heterocycles. The summed E-state index contributed by atoms with van der Waals surface area (Å²) < 4.78 is 0. The molecule has 1 aliphatic carbocycles. The van der Waals surface area contributed by atoms with Crippen LogP contribution in [0.15, 0.2) is 30.3 Å². The Labute approximate surface area is 113 Å². The smallest absolute Gasteiger partial charge is 0.260 e. The lowest BCUT2D eigenvalue weighted by Gasteiger charge is -2.17. The first-order chi connectivity index (χ1) is 9.34. The number of nitrogens with one attached hydrogen (secondary N) is 2. The van der Waals surface area contributed by atoms with E-state index in [-0.39, 0.29) is 11.9 Å². The maximum absolute atomic E-state index is 12.1. The number of amides is 1. The first-order valence-corrected chi connectivity index (χ1v) is 7.03. The summed E-state index contributed by atoms with van der Waals surface area (Å²) in [5.41, 5.74) is 3.64. The van der Waals surface area contributed by atoms with Crippen LogP contribution in [-0.2, 0) is 16.2 Å². The van der Waals surface area contributed by atoms with Crippen LogP contribution in [0.2, 0.25) is 0 Å². The van der Waals surface area contributed by atoms with Crippen molar-refractivity contribution in [2.75, 3.05) is 6.54 Å². The van der Waals surface area contributed by atoms with Crippen molar-refractivity contribution in [2.45, 2.75) is 31.9 Å². The van der Waals surface area contributed by atoms with E-state index in [0.29, 0.717) is 18.4 Å². The minimum atomic E-state index is -0.0664. The lowest BCUT2D eigenvalue weighted by Crippen LogP contribution is -2.43. The van der Waals surface area contributed by atoms with Gasteiger partial charge in [-0.05, 0) is 36.8 Å². The van der Waals surface area contributed by atoms with Crippen LogP contribution in [0.5, 0.6) is 0 Å². The molecule has 4 heteroatoms. The number of rotatable bonds is 4. The summed E-state index contributed by atoms with van der Waals surface area (Å²) in [5, 5.41) is 3.32. The Hall–Kier alpha value is -1.39. The van der Waals surface area contributed by atoms with E-state index in [0.717, 1.165) is 18.5 Å². The van der Waals surface area contributed by atoms with Gasteiger partial charge in [0.2, 0.25) is 0 Å². The predicted molar refractivity (Wildman–Crippen MR) is 72.0 cm³/mol. The van der Waals surface area contributed by atoms with Crippen LogP contribution in [0.25, 0.3) is 0 Å². The molecule has 1 saturated carbocycles. The second kappa shape index (κ2) is 5.72. The Morgan fingerprint density at radius 1 is 1.32 bits per heavy atom. The van der Waals surface area contributed by atoms with E-state index in [2.05, 4.69) is 10.8 Å². The number of fused-ring (bicyclic) bond motifs is 1. The van der Waals surface area contributed by atoms with Gasteiger partial charge in [0, 0.05) is 0 Å². The molecule has 19 heavy (non-hydrogen) atoms. The normalized spacial score (nSPS) is 29.2. The summed E-state index contributed by atoms with van der Waals surface area (Å²) in [6, 6.07) is 9.78. The van der Waals surface area contributed by atoms with E-state index in [1.54, 1.807) is 0 Å². The number of carbonyl (C=O) groups is 1. The van der Waals surface area contributed by atoms with Gasteiger partial charge in [-0.1, -0.05) is 36.8 Å². The van der Waals surface area contributed by atoms with Crippen molar-refractivity contribution in [3.8, 4) is 0 Å². The Kier molecular flexibility index (Phi) is 3.80. The third-order valence-electron chi connectivity index (χ3n) is 4.28. The van der Waals surface area contributed by atoms with Crippen LogP contribution in [0, 0.1) is 11.8 Å². The molecule has 0 bridgehead atoms. The zero-order chi connectivity index (χ0) is 13.1. The second-order valence-electron chi connectivity index (χ2n) is 5.48. The van der Waals surface area contributed by atoms with Crippen LogP contribution in [0.3, 0.4) is 0 Å². The van der Waals surface area contributed by atoms with Crippen LogP contribution < -0.4 is 10.8 Å². The Morgan fingerprint density at radius 3 is 3.00 bits per heavy atom. The summed E-state index contributed by atoms with van der Waals surface area (Å²) in [7, 11) is 0. The van der Waals surface area contributed by atoms with E-state index in [9.17, 15) is 4.79 Å². The molecule has 2 N–H and O–H groups in total. The lowest BCUT2D eigenvalue weighted by molar-refractivity contribution is -0.137. The topological polar surface area (TPSA) is 50.4 Å². The van der Waals surface area contributed by atoms with Crippen LogP contribution in [-0.4, -0.2) is 18.5 Å². The second-order valence-corrected chi connectivity index (χ2v) is 5.48. The molecule has 3 atom stereocenters. The molecule has 2 aliphatic rings. The van der Waals surface area contributed by atoms with Crippen molar-refractivity contribution in [1.82, 2.24) is 10.8 Å². The molecule has 4 nitrogen and oxygen atoms in total. The van der Waals surface area contributed by atoms with Gasteiger partial charge in [0.25, 0.3) is 5.91 Å². The van der Waals surface area contributed by atoms with Crippen molar-refractivity contribution < 1.29 is 9.63 Å². The molecule has 2 fully saturated rings. The lowest BCUT2D eigenvalue weighted by atomic mass is 9.94. The maximum Gasteiger partial charge on any atom is 0.260 e. The Morgan fingerprint density at radius 2 is 2.16 bits per heavy atom. The third kappa shape index (κ3) is 2.80. The zero-order valence-corrected chi connectivity index (χ0v) is 11.0. The fraction of sp³-hybridized carbons (Fsp3) is 0.533. The molecule has 1 aromatic rings. The highest BCUT2D eigenvalue weighted by atomic mass is 16.6. The third-order valence-corrected chi connectivity index (χ3v) is 4.28. The average molecular weight is 260 g/mol. The van der Waals surface area contributed by atoms with Gasteiger partial charge < -0.3 is 5.32 Å². The molecule has 0 aromatic heterocycles. The highest BCUT2D eigenvalue weighted by Gasteiger charge is 2.42. The van der Waals surface area contributed by atoms with Crippen molar-refractivity contribution in [3.05, 3.63) is 35.9 Å². The van der Waals surface area contributed by atoms with Crippen LogP contribution >= 0.6 is 0 Å². The molecule has 1 heterocycles. The first-order valence-electron chi connectivity index (χ1n) is 7.03. The Bertz CT molecular complexity index is 435. The number of benzene rings is 1. The number of carbonyl (C=O) groups excluding carboxylic acids is 1. The van der Waals surface area contributed by atoms with Crippen LogP contribution in [0.1, 0.15) is 24.8 Å². The van der Waals surface area contributed by atoms with Gasteiger partial charge in [-0.2, -0.15) is 0 Å². The van der Waals surface area contributed by atoms with Crippen LogP contribution in [0.4, 0.5) is 0 Å². The number of hydrogen-bond donors (Lipinski definition) is 2. The molecule has 102 valence electrons. The summed E-state index contributed by atoms with van der Waals surface area (Å²) in [5.74, 6) is 1.16. The number of hydrogen-bond acceptors (Lipinski definition) is 3. The predicted octanol–water partition coefficient (Wildman–Crippen LogP) is 1.62. The summed E-state index contributed by atoms with van der Waals surface area (Å²) in [6.45, 7) is 1.38. The van der Waals surface area contributed by atoms with E-state index < -0.39 is 0 Å². The van der Waals surface area contributed by atoms with Gasteiger partial charge in [0.05, 0.1) is 12.6 Å². The summed E-state index contributed by atoms with van der Waals surface area (Å²) >= 11 is 0. The van der Waals surface area contributed by atoms with E-state index in [4.69, 9.17) is 4.84 Å². The first kappa shape index (κ1) is 12.6. The van der Waals surface area contributed by atoms with E-state index in [1.807, 2.05) is 30.3 Å². The fourth-order valence-electron chi connectivity index (χ4n) is 3.30. The molecule has 1 amide bonds. The van der Waals surface area contributed by atoms with Crippen molar-refractivity contribution in [3.63, 3.8) is 0 Å². The van der Waals surface area contributed by atoms with Crippen molar-refractivity contribution in [1.29, 1.82) is 0 Å². The SMILES string of the molecule is O=C(NOCc1ccccc1)C1NCC2CCCC21. The zero-order valence-electron chi connectivity index (χ0n) is 11.0. The van der Waals surface area contributed by atoms with Gasteiger partial charge in [-0.25, -0.2) is 5.48 Å². The monoisotopic (exact) mass is 260 g/mol.